The van der Waals surface area contributed by atoms with E-state index in [1.165, 1.54) is 12.8 Å². The zero-order chi connectivity index (χ0) is 17.2. The third-order valence-electron chi connectivity index (χ3n) is 4.18. The van der Waals surface area contributed by atoms with Crippen LogP contribution in [0, 0.1) is 5.92 Å². The smallest absolute Gasteiger partial charge is 0.257 e. The Hall–Kier alpha value is -2.01. The molecule has 24 heavy (non-hydrogen) atoms. The Labute approximate surface area is 144 Å². The fraction of sp³-hybridized carbons (Fsp3) is 0.526. The molecule has 1 aliphatic rings. The maximum absolute atomic E-state index is 11.9. The van der Waals surface area contributed by atoms with Crippen LogP contribution in [0.1, 0.15) is 31.7 Å². The number of ether oxygens (including phenoxy) is 2. The number of carbonyl (C=O) groups is 1. The van der Waals surface area contributed by atoms with Crippen LogP contribution in [-0.2, 0) is 4.79 Å². The maximum Gasteiger partial charge on any atom is 0.257 e. The van der Waals surface area contributed by atoms with Gasteiger partial charge in [-0.15, -0.1) is 0 Å². The summed E-state index contributed by atoms with van der Waals surface area (Å²) >= 11 is 0. The first-order valence-electron chi connectivity index (χ1n) is 8.64. The van der Waals surface area contributed by atoms with Gasteiger partial charge in [0.25, 0.3) is 5.91 Å². The van der Waals surface area contributed by atoms with Crippen molar-refractivity contribution in [1.29, 1.82) is 0 Å². The van der Waals surface area contributed by atoms with Gasteiger partial charge in [-0.05, 0) is 62.9 Å². The molecular formula is C19H28N2O3. The van der Waals surface area contributed by atoms with Gasteiger partial charge in [0, 0.05) is 6.54 Å². The SMILES string of the molecule is C/C=C/c1ccc(OCC(=O)NCCC2CCCNC2)c(OC)c1. The molecule has 1 amide bonds. The molecule has 1 atom stereocenters. The lowest BCUT2D eigenvalue weighted by Crippen LogP contribution is -2.34. The van der Waals surface area contributed by atoms with Gasteiger partial charge < -0.3 is 20.1 Å². The molecule has 1 heterocycles. The molecule has 0 spiro atoms. The first-order valence-corrected chi connectivity index (χ1v) is 8.64. The Morgan fingerprint density at radius 3 is 3.00 bits per heavy atom. The second-order valence-electron chi connectivity index (χ2n) is 6.05. The third kappa shape index (κ3) is 5.89. The highest BCUT2D eigenvalue weighted by atomic mass is 16.5. The summed E-state index contributed by atoms with van der Waals surface area (Å²) in [6.45, 7) is 4.84. The molecule has 0 aromatic heterocycles. The van der Waals surface area contributed by atoms with Crippen molar-refractivity contribution in [2.45, 2.75) is 26.2 Å². The van der Waals surface area contributed by atoms with Gasteiger partial charge in [-0.1, -0.05) is 18.2 Å². The molecule has 5 nitrogen and oxygen atoms in total. The number of amides is 1. The molecule has 5 heteroatoms. The van der Waals surface area contributed by atoms with E-state index in [4.69, 9.17) is 9.47 Å². The molecule has 0 bridgehead atoms. The van der Waals surface area contributed by atoms with Crippen LogP contribution < -0.4 is 20.1 Å². The molecule has 2 N–H and O–H groups in total. The number of nitrogens with one attached hydrogen (secondary N) is 2. The number of benzene rings is 1. The monoisotopic (exact) mass is 332 g/mol. The molecule has 0 aliphatic carbocycles. The Morgan fingerprint density at radius 2 is 2.29 bits per heavy atom. The van der Waals surface area contributed by atoms with Gasteiger partial charge in [-0.2, -0.15) is 0 Å². The van der Waals surface area contributed by atoms with Crippen molar-refractivity contribution in [3.63, 3.8) is 0 Å². The normalized spacial score (nSPS) is 17.7. The quantitative estimate of drug-likeness (QED) is 0.768. The van der Waals surface area contributed by atoms with Crippen LogP contribution in [-0.4, -0.2) is 39.3 Å². The fourth-order valence-electron chi connectivity index (χ4n) is 2.88. The average Bonchev–Trinajstić information content (AvgIpc) is 2.61. The Morgan fingerprint density at radius 1 is 1.42 bits per heavy atom. The second kappa shape index (κ2) is 9.98. The van der Waals surface area contributed by atoms with Crippen LogP contribution in [0.25, 0.3) is 6.08 Å². The van der Waals surface area contributed by atoms with E-state index in [9.17, 15) is 4.79 Å². The molecule has 1 aromatic carbocycles. The summed E-state index contributed by atoms with van der Waals surface area (Å²) in [4.78, 5) is 11.9. The molecule has 1 aromatic rings. The minimum absolute atomic E-state index is 0.00222. The highest BCUT2D eigenvalue weighted by molar-refractivity contribution is 5.77. The second-order valence-corrected chi connectivity index (χ2v) is 6.05. The Kier molecular flexibility index (Phi) is 7.62. The summed E-state index contributed by atoms with van der Waals surface area (Å²) in [6, 6.07) is 5.66. The summed E-state index contributed by atoms with van der Waals surface area (Å²) < 4.78 is 10.9. The van der Waals surface area contributed by atoms with E-state index in [1.54, 1.807) is 7.11 Å². The lowest BCUT2D eigenvalue weighted by molar-refractivity contribution is -0.123. The zero-order valence-electron chi connectivity index (χ0n) is 14.6. The number of hydrogen-bond acceptors (Lipinski definition) is 4. The van der Waals surface area contributed by atoms with Crippen molar-refractivity contribution in [3.05, 3.63) is 29.8 Å². The molecular weight excluding hydrogens is 304 g/mol. The molecule has 2 rings (SSSR count). The Balaban J connectivity index is 1.74. The van der Waals surface area contributed by atoms with Crippen LogP contribution in [0.3, 0.4) is 0 Å². The predicted octanol–water partition coefficient (Wildman–Crippen LogP) is 2.61. The highest BCUT2D eigenvalue weighted by Crippen LogP contribution is 2.28. The van der Waals surface area contributed by atoms with Gasteiger partial charge in [0.05, 0.1) is 7.11 Å². The molecule has 1 aliphatic heterocycles. The van der Waals surface area contributed by atoms with Crippen LogP contribution in [0.5, 0.6) is 11.5 Å². The highest BCUT2D eigenvalue weighted by Gasteiger charge is 2.13. The number of piperidine rings is 1. The number of allylic oxidation sites excluding steroid dienone is 1. The minimum Gasteiger partial charge on any atom is -0.493 e. The Bertz CT molecular complexity index is 552. The van der Waals surface area contributed by atoms with Crippen LogP contribution in [0.2, 0.25) is 0 Å². The van der Waals surface area contributed by atoms with Crippen molar-refractivity contribution in [2.24, 2.45) is 5.92 Å². The average molecular weight is 332 g/mol. The summed E-state index contributed by atoms with van der Waals surface area (Å²) in [5, 5.41) is 6.32. The van der Waals surface area contributed by atoms with E-state index in [1.807, 2.05) is 37.3 Å². The summed E-state index contributed by atoms with van der Waals surface area (Å²) in [5.74, 6) is 1.78. The topological polar surface area (TPSA) is 59.6 Å². The largest absolute Gasteiger partial charge is 0.493 e. The third-order valence-corrected chi connectivity index (χ3v) is 4.18. The summed E-state index contributed by atoms with van der Waals surface area (Å²) in [6.07, 6.45) is 7.43. The van der Waals surface area contributed by atoms with E-state index in [0.29, 0.717) is 24.0 Å². The van der Waals surface area contributed by atoms with Gasteiger partial charge in [0.2, 0.25) is 0 Å². The van der Waals surface area contributed by atoms with Crippen LogP contribution in [0.4, 0.5) is 0 Å². The molecule has 1 saturated heterocycles. The molecule has 1 fully saturated rings. The zero-order valence-corrected chi connectivity index (χ0v) is 14.6. The van der Waals surface area contributed by atoms with E-state index < -0.39 is 0 Å². The molecule has 0 radical (unpaired) electrons. The van der Waals surface area contributed by atoms with E-state index in [0.717, 1.165) is 25.1 Å². The lowest BCUT2D eigenvalue weighted by Gasteiger charge is -2.22. The van der Waals surface area contributed by atoms with Crippen molar-refractivity contribution in [1.82, 2.24) is 10.6 Å². The van der Waals surface area contributed by atoms with Crippen molar-refractivity contribution < 1.29 is 14.3 Å². The predicted molar refractivity (Wildman–Crippen MR) is 96.4 cm³/mol. The van der Waals surface area contributed by atoms with Gasteiger partial charge in [0.15, 0.2) is 18.1 Å². The number of carbonyl (C=O) groups excluding carboxylic acids is 1. The summed E-state index contributed by atoms with van der Waals surface area (Å²) in [7, 11) is 1.60. The fourth-order valence-corrected chi connectivity index (χ4v) is 2.88. The maximum atomic E-state index is 11.9. The van der Waals surface area contributed by atoms with E-state index >= 15 is 0 Å². The minimum atomic E-state index is -0.0987. The number of rotatable bonds is 8. The first-order chi connectivity index (χ1) is 11.7. The molecule has 0 saturated carbocycles. The molecule has 132 valence electrons. The lowest BCUT2D eigenvalue weighted by atomic mass is 9.96. The van der Waals surface area contributed by atoms with E-state index in [2.05, 4.69) is 10.6 Å². The first kappa shape index (κ1) is 18.3. The van der Waals surface area contributed by atoms with Crippen molar-refractivity contribution in [3.8, 4) is 11.5 Å². The van der Waals surface area contributed by atoms with Gasteiger partial charge in [-0.25, -0.2) is 0 Å². The van der Waals surface area contributed by atoms with Gasteiger partial charge in [-0.3, -0.25) is 4.79 Å². The number of methoxy groups -OCH3 is 1. The van der Waals surface area contributed by atoms with Crippen LogP contribution >= 0.6 is 0 Å². The summed E-state index contributed by atoms with van der Waals surface area (Å²) in [5.41, 5.74) is 1.03. The van der Waals surface area contributed by atoms with Crippen molar-refractivity contribution >= 4 is 12.0 Å². The number of hydrogen-bond donors (Lipinski definition) is 2. The van der Waals surface area contributed by atoms with E-state index in [-0.39, 0.29) is 12.5 Å². The van der Waals surface area contributed by atoms with Crippen molar-refractivity contribution in [2.75, 3.05) is 33.4 Å². The standard InChI is InChI=1S/C19H28N2O3/c1-3-5-15-7-8-17(18(12-15)23-2)24-14-19(22)21-11-9-16-6-4-10-20-13-16/h3,5,7-8,12,16,20H,4,6,9-11,13-14H2,1-2H3,(H,21,22)/b5-3+. The van der Waals surface area contributed by atoms with Gasteiger partial charge in [0.1, 0.15) is 0 Å². The molecule has 1 unspecified atom stereocenters. The van der Waals surface area contributed by atoms with Gasteiger partial charge >= 0.3 is 0 Å². The van der Waals surface area contributed by atoms with Crippen LogP contribution in [0.15, 0.2) is 24.3 Å².